The van der Waals surface area contributed by atoms with E-state index in [9.17, 15) is 5.11 Å². The Balaban J connectivity index is 1.12. The number of benzene rings is 7. The molecule has 0 aliphatic carbocycles. The molecule has 7 aromatic carbocycles. The van der Waals surface area contributed by atoms with E-state index in [0.29, 0.717) is 39.0 Å². The number of thiazole rings is 1. The number of imide groups is 1. The van der Waals surface area contributed by atoms with Crippen molar-refractivity contribution in [1.82, 2.24) is 30.2 Å². The molecule has 3 N–H and O–H groups in total. The quantitative estimate of drug-likeness (QED) is 0.0830. The van der Waals surface area contributed by atoms with Gasteiger partial charge in [-0.05, 0) is 89.3 Å². The maximum atomic E-state index is 16.9. The fourth-order valence-electron chi connectivity index (χ4n) is 11.4. The first-order valence-corrected chi connectivity index (χ1v) is 25.7. The molecule has 15 nitrogen and oxygen atoms in total. The average Bonchev–Trinajstić information content (AvgIpc) is 4.29. The van der Waals surface area contributed by atoms with Gasteiger partial charge in [0.25, 0.3) is 0 Å². The second kappa shape index (κ2) is 20.0. The number of anilines is 2. The molecule has 4 amide bonds. The molecule has 76 heavy (non-hydrogen) atoms. The first kappa shape index (κ1) is 48.0. The molecule has 376 valence electrons. The number of cyclic esters (lactones) is 1. The summed E-state index contributed by atoms with van der Waals surface area (Å²) in [5.41, 5.74) is 3.75. The lowest BCUT2D eigenvalue weighted by molar-refractivity contribution is -0.177. The number of carbonyl (C=O) groups is 4. The highest BCUT2D eigenvalue weighted by Crippen LogP contribution is 2.66. The third-order valence-electron chi connectivity index (χ3n) is 14.5. The number of para-hydroxylation sites is 2. The van der Waals surface area contributed by atoms with Crippen molar-refractivity contribution in [3.8, 4) is 17.6 Å². The first-order chi connectivity index (χ1) is 37.2. The number of carbonyl (C=O) groups excluding carboxylic acids is 4. The Morgan fingerprint density at radius 1 is 0.789 bits per heavy atom. The number of morpholine rings is 1. The number of hydrogen-bond donors (Lipinski definition) is 3. The van der Waals surface area contributed by atoms with Gasteiger partial charge in [-0.1, -0.05) is 156 Å². The number of aromatic nitrogens is 4. The second-order valence-corrected chi connectivity index (χ2v) is 19.9. The molecule has 5 heterocycles. The van der Waals surface area contributed by atoms with Crippen molar-refractivity contribution in [2.24, 2.45) is 5.92 Å². The standard InChI is InChI=1S/C60H48N8O7S/c1-37(39-18-5-2-6-19-39)61-59(73)67-47-31-30-38(17-16-32-66-48-28-13-11-26-45(48)64-65-66)35-44(47)60(57(67)72)50(55(70)63-58-62-46-27-12-14-29-49(46)76-58)52-56(71)75-53(41-22-9-4-10-23-41)51(40-20-7-3-8-21-40)68(52)54(60)42-24-15-25-43(36-42)74-34-33-69/h2-15,18-31,35-37,50-54,69H,32-34H2,1H3,(H,61,73)(H,62,63,70). The van der Waals surface area contributed by atoms with E-state index in [-0.39, 0.29) is 30.6 Å². The Morgan fingerprint density at radius 3 is 2.25 bits per heavy atom. The number of fused-ring (bicyclic) bond motifs is 5. The van der Waals surface area contributed by atoms with Crippen LogP contribution in [0.5, 0.6) is 5.75 Å². The zero-order valence-corrected chi connectivity index (χ0v) is 41.7. The number of ether oxygens (including phenoxy) is 2. The minimum absolute atomic E-state index is 0.0322. The van der Waals surface area contributed by atoms with Crippen molar-refractivity contribution < 1.29 is 33.8 Å². The molecular weight excluding hydrogens is 977 g/mol. The van der Waals surface area contributed by atoms with E-state index in [1.165, 1.54) is 11.3 Å². The van der Waals surface area contributed by atoms with E-state index in [1.54, 1.807) is 41.1 Å². The van der Waals surface area contributed by atoms with Crippen LogP contribution < -0.4 is 20.3 Å². The molecule has 0 bridgehead atoms. The number of nitrogens with one attached hydrogen (secondary N) is 2. The Kier molecular flexibility index (Phi) is 12.6. The molecule has 7 atom stereocenters. The van der Waals surface area contributed by atoms with Crippen molar-refractivity contribution in [1.29, 1.82) is 0 Å². The number of aliphatic hydroxyl groups is 1. The van der Waals surface area contributed by atoms with Gasteiger partial charge in [-0.25, -0.2) is 19.4 Å². The van der Waals surface area contributed by atoms with Crippen LogP contribution in [0.15, 0.2) is 182 Å². The SMILES string of the molecule is CC(NC(=O)N1C(=O)C2(c3cc(C#CCn4nnc5ccccc54)ccc31)C(C(=O)Nc1nc3ccccc3s1)C1C(=O)OC(c3ccccc3)C(c3ccccc3)N1C2c1cccc(OCCO)c1)c1ccccc1. The summed E-state index contributed by atoms with van der Waals surface area (Å²) in [6, 6.07) is 50.9. The summed E-state index contributed by atoms with van der Waals surface area (Å²) in [6.07, 6.45) is -0.945. The molecule has 12 rings (SSSR count). The molecular formula is C60H48N8O7S. The minimum atomic E-state index is -2.10. The summed E-state index contributed by atoms with van der Waals surface area (Å²) < 4.78 is 15.2. The highest BCUT2D eigenvalue weighted by molar-refractivity contribution is 7.22. The van der Waals surface area contributed by atoms with E-state index in [0.717, 1.165) is 26.2 Å². The summed E-state index contributed by atoms with van der Waals surface area (Å²) in [7, 11) is 0. The molecule has 1 spiro atoms. The number of amides is 4. The summed E-state index contributed by atoms with van der Waals surface area (Å²) in [5.74, 6) is 3.12. The predicted octanol–water partition coefficient (Wildman–Crippen LogP) is 9.24. The van der Waals surface area contributed by atoms with Crippen molar-refractivity contribution in [3.63, 3.8) is 0 Å². The van der Waals surface area contributed by atoms with Gasteiger partial charge in [-0.15, -0.1) is 5.10 Å². The minimum Gasteiger partial charge on any atom is -0.491 e. The molecule has 3 aliphatic heterocycles. The number of esters is 1. The van der Waals surface area contributed by atoms with Crippen LogP contribution in [-0.2, 0) is 31.1 Å². The van der Waals surface area contributed by atoms with Crippen molar-refractivity contribution in [3.05, 3.63) is 215 Å². The number of rotatable bonds is 11. The van der Waals surface area contributed by atoms with E-state index in [1.807, 2.05) is 157 Å². The van der Waals surface area contributed by atoms with E-state index in [4.69, 9.17) is 14.5 Å². The summed E-state index contributed by atoms with van der Waals surface area (Å²) in [4.78, 5) is 71.9. The predicted molar refractivity (Wildman–Crippen MR) is 287 cm³/mol. The lowest BCUT2D eigenvalue weighted by Crippen LogP contribution is -2.55. The van der Waals surface area contributed by atoms with Gasteiger partial charge in [0.1, 0.15) is 42.0 Å². The van der Waals surface area contributed by atoms with E-state index < -0.39 is 65.4 Å². The van der Waals surface area contributed by atoms with Crippen LogP contribution in [0.4, 0.5) is 15.6 Å². The van der Waals surface area contributed by atoms with E-state index >= 15 is 19.2 Å². The zero-order valence-electron chi connectivity index (χ0n) is 40.9. The number of urea groups is 1. The maximum absolute atomic E-state index is 16.9. The Labute approximate surface area is 440 Å². The zero-order chi connectivity index (χ0) is 51.9. The van der Waals surface area contributed by atoms with Crippen LogP contribution in [0.25, 0.3) is 21.3 Å². The van der Waals surface area contributed by atoms with Crippen LogP contribution in [0.3, 0.4) is 0 Å². The third kappa shape index (κ3) is 8.31. The largest absolute Gasteiger partial charge is 0.491 e. The average molecular weight is 1030 g/mol. The van der Waals surface area contributed by atoms with Gasteiger partial charge in [-0.3, -0.25) is 19.3 Å². The first-order valence-electron chi connectivity index (χ1n) is 24.9. The van der Waals surface area contributed by atoms with Gasteiger partial charge in [0, 0.05) is 5.56 Å². The second-order valence-electron chi connectivity index (χ2n) is 18.9. The molecule has 9 aromatic rings. The van der Waals surface area contributed by atoms with Crippen molar-refractivity contribution >= 4 is 67.2 Å². The summed E-state index contributed by atoms with van der Waals surface area (Å²) >= 11 is 1.26. The highest BCUT2D eigenvalue weighted by Gasteiger charge is 2.75. The molecule has 2 saturated heterocycles. The Hall–Kier alpha value is -9.01. The molecule has 3 aliphatic rings. The van der Waals surface area contributed by atoms with Gasteiger partial charge in [0.05, 0.1) is 52.1 Å². The molecule has 2 aromatic heterocycles. The molecule has 16 heteroatoms. The van der Waals surface area contributed by atoms with Gasteiger partial charge < -0.3 is 25.2 Å². The number of hydrogen-bond acceptors (Lipinski definition) is 12. The van der Waals surface area contributed by atoms with Crippen LogP contribution in [0.1, 0.15) is 64.5 Å². The monoisotopic (exact) mass is 1020 g/mol. The molecule has 2 fully saturated rings. The van der Waals surface area contributed by atoms with Gasteiger partial charge >= 0.3 is 12.0 Å². The molecule has 0 saturated carbocycles. The van der Waals surface area contributed by atoms with Crippen molar-refractivity contribution in [2.75, 3.05) is 23.4 Å². The highest BCUT2D eigenvalue weighted by atomic mass is 32.1. The Morgan fingerprint density at radius 2 is 1.49 bits per heavy atom. The topological polar surface area (TPSA) is 181 Å². The van der Waals surface area contributed by atoms with Gasteiger partial charge in [-0.2, -0.15) is 0 Å². The van der Waals surface area contributed by atoms with E-state index in [2.05, 4.69) is 32.8 Å². The van der Waals surface area contributed by atoms with Gasteiger partial charge in [0.2, 0.25) is 11.8 Å². The smallest absolute Gasteiger partial charge is 0.329 e. The van der Waals surface area contributed by atoms with Crippen LogP contribution in [0.2, 0.25) is 0 Å². The Bertz CT molecular complexity index is 3720. The molecule has 7 unspecified atom stereocenters. The third-order valence-corrected chi connectivity index (χ3v) is 15.5. The summed E-state index contributed by atoms with van der Waals surface area (Å²) in [5, 5.41) is 25.0. The van der Waals surface area contributed by atoms with Crippen LogP contribution >= 0.6 is 11.3 Å². The fraction of sp³-hybridized carbons (Fsp3) is 0.183. The lowest BCUT2D eigenvalue weighted by Gasteiger charge is -2.46. The van der Waals surface area contributed by atoms with Crippen LogP contribution in [-0.4, -0.2) is 73.1 Å². The number of aliphatic hydroxyl groups excluding tert-OH is 1. The fourth-order valence-corrected chi connectivity index (χ4v) is 12.2. The summed E-state index contributed by atoms with van der Waals surface area (Å²) in [6.45, 7) is 1.70. The van der Waals surface area contributed by atoms with Crippen LogP contribution in [0, 0.1) is 17.8 Å². The lowest BCUT2D eigenvalue weighted by atomic mass is 9.65. The number of nitrogens with zero attached hydrogens (tertiary/aromatic N) is 6. The van der Waals surface area contributed by atoms with Gasteiger partial charge in [0.15, 0.2) is 5.13 Å². The van der Waals surface area contributed by atoms with Crippen molar-refractivity contribution in [2.45, 2.75) is 49.2 Å². The normalized spacial score (nSPS) is 21.1. The maximum Gasteiger partial charge on any atom is 0.329 e. The molecule has 0 radical (unpaired) electrons.